The van der Waals surface area contributed by atoms with Gasteiger partial charge < -0.3 is 20.5 Å². The minimum Gasteiger partial charge on any atom is -0.492 e. The molecule has 3 N–H and O–H groups in total. The lowest BCUT2D eigenvalue weighted by Crippen LogP contribution is -2.25. The van der Waals surface area contributed by atoms with Crippen molar-refractivity contribution < 1.29 is 22.6 Å². The molecule has 2 heterocycles. The van der Waals surface area contributed by atoms with Crippen molar-refractivity contribution in [2.24, 2.45) is 0 Å². The van der Waals surface area contributed by atoms with Crippen molar-refractivity contribution in [2.75, 3.05) is 37.3 Å². The molecule has 1 saturated heterocycles. The van der Waals surface area contributed by atoms with Crippen molar-refractivity contribution in [1.29, 1.82) is 0 Å². The summed E-state index contributed by atoms with van der Waals surface area (Å²) in [7, 11) is 0. The van der Waals surface area contributed by atoms with Crippen LogP contribution in [0.4, 0.5) is 30.6 Å². The van der Waals surface area contributed by atoms with Crippen LogP contribution in [0.25, 0.3) is 11.3 Å². The van der Waals surface area contributed by atoms with Crippen LogP contribution in [0.1, 0.15) is 18.4 Å². The second kappa shape index (κ2) is 10.2. The van der Waals surface area contributed by atoms with Gasteiger partial charge in [0.2, 0.25) is 5.95 Å². The number of benzene rings is 2. The molecule has 180 valence electrons. The number of likely N-dealkylation sites (tertiary alicyclic amines) is 1. The fraction of sp³-hybridized carbons (Fsp3) is 0.333. The minimum atomic E-state index is -4.77. The highest BCUT2D eigenvalue weighted by Gasteiger charge is 2.31. The van der Waals surface area contributed by atoms with Crippen LogP contribution in [0, 0.1) is 6.92 Å². The number of alkyl halides is 3. The molecule has 4 rings (SSSR count). The lowest BCUT2D eigenvalue weighted by molar-refractivity contribution is -0.274. The largest absolute Gasteiger partial charge is 0.573 e. The van der Waals surface area contributed by atoms with Gasteiger partial charge in [-0.25, -0.2) is 4.98 Å². The van der Waals surface area contributed by atoms with Crippen LogP contribution in [-0.2, 0) is 0 Å². The topological polar surface area (TPSA) is 85.5 Å². The molecule has 0 aliphatic carbocycles. The number of nitrogens with one attached hydrogen (secondary N) is 1. The van der Waals surface area contributed by atoms with Crippen molar-refractivity contribution >= 4 is 17.5 Å². The summed E-state index contributed by atoms with van der Waals surface area (Å²) in [6.45, 7) is 5.62. The molecule has 0 unspecified atom stereocenters. The number of ether oxygens (including phenoxy) is 2. The molecule has 0 bridgehead atoms. The molecule has 0 amide bonds. The van der Waals surface area contributed by atoms with Crippen LogP contribution >= 0.6 is 0 Å². The Bertz CT molecular complexity index is 1120. The van der Waals surface area contributed by atoms with Gasteiger partial charge in [-0.3, -0.25) is 4.90 Å². The Morgan fingerprint density at radius 2 is 1.76 bits per heavy atom. The standard InChI is InChI=1S/C24H26F3N5O2/c1-16-21(17-7-9-19(10-8-17)33-14-13-32-11-2-3-12-32)30-23(28)31-22(16)29-18-5-4-6-20(15-18)34-24(25,26)27/h4-10,15H,2-3,11-14H2,1H3,(H3,28,29,30,31). The first kappa shape index (κ1) is 23.6. The summed E-state index contributed by atoms with van der Waals surface area (Å²) in [6, 6.07) is 13.0. The third kappa shape index (κ3) is 6.28. The Morgan fingerprint density at radius 1 is 1.03 bits per heavy atom. The van der Waals surface area contributed by atoms with Gasteiger partial charge in [0.15, 0.2) is 0 Å². The Labute approximate surface area is 195 Å². The predicted octanol–water partition coefficient (Wildman–Crippen LogP) is 5.15. The lowest BCUT2D eigenvalue weighted by atomic mass is 10.1. The molecule has 0 saturated carbocycles. The van der Waals surface area contributed by atoms with Crippen molar-refractivity contribution in [2.45, 2.75) is 26.1 Å². The normalized spacial score (nSPS) is 14.2. The molecular weight excluding hydrogens is 447 g/mol. The summed E-state index contributed by atoms with van der Waals surface area (Å²) in [6.07, 6.45) is -2.27. The van der Waals surface area contributed by atoms with E-state index >= 15 is 0 Å². The Hall–Kier alpha value is -3.53. The fourth-order valence-corrected chi connectivity index (χ4v) is 3.85. The first-order valence-electron chi connectivity index (χ1n) is 11.0. The Morgan fingerprint density at radius 3 is 2.47 bits per heavy atom. The molecule has 7 nitrogen and oxygen atoms in total. The first-order chi connectivity index (χ1) is 16.3. The zero-order valence-corrected chi connectivity index (χ0v) is 18.7. The Kier molecular flexibility index (Phi) is 7.06. The molecule has 1 aromatic heterocycles. The number of nitrogens with zero attached hydrogens (tertiary/aromatic N) is 3. The third-order valence-corrected chi connectivity index (χ3v) is 5.50. The van der Waals surface area contributed by atoms with Gasteiger partial charge in [-0.1, -0.05) is 6.07 Å². The lowest BCUT2D eigenvalue weighted by Gasteiger charge is -2.16. The van der Waals surface area contributed by atoms with Gasteiger partial charge in [0.05, 0.1) is 5.69 Å². The Balaban J connectivity index is 1.47. The SMILES string of the molecule is Cc1c(Nc2cccc(OC(F)(F)F)c2)nc(N)nc1-c1ccc(OCCN2CCCC2)cc1. The quantitative estimate of drug-likeness (QED) is 0.468. The second-order valence-corrected chi connectivity index (χ2v) is 8.03. The van der Waals surface area contributed by atoms with Crippen LogP contribution in [0.2, 0.25) is 0 Å². The smallest absolute Gasteiger partial charge is 0.492 e. The van der Waals surface area contributed by atoms with E-state index < -0.39 is 6.36 Å². The number of nitrogens with two attached hydrogens (primary N) is 1. The molecule has 1 aliphatic heterocycles. The van der Waals surface area contributed by atoms with Gasteiger partial charge in [-0.05, 0) is 69.3 Å². The third-order valence-electron chi connectivity index (χ3n) is 5.50. The fourth-order valence-electron chi connectivity index (χ4n) is 3.85. The monoisotopic (exact) mass is 473 g/mol. The van der Waals surface area contributed by atoms with Gasteiger partial charge >= 0.3 is 6.36 Å². The zero-order valence-electron chi connectivity index (χ0n) is 18.7. The van der Waals surface area contributed by atoms with E-state index in [1.807, 2.05) is 31.2 Å². The number of hydrogen-bond donors (Lipinski definition) is 2. The van der Waals surface area contributed by atoms with Gasteiger partial charge in [0.25, 0.3) is 0 Å². The van der Waals surface area contributed by atoms with E-state index in [-0.39, 0.29) is 11.7 Å². The highest BCUT2D eigenvalue weighted by molar-refractivity contribution is 5.73. The molecule has 10 heteroatoms. The van der Waals surface area contributed by atoms with Crippen molar-refractivity contribution in [3.8, 4) is 22.8 Å². The number of rotatable bonds is 8. The maximum absolute atomic E-state index is 12.5. The van der Waals surface area contributed by atoms with Crippen LogP contribution in [0.15, 0.2) is 48.5 Å². The van der Waals surface area contributed by atoms with E-state index in [4.69, 9.17) is 10.5 Å². The molecule has 0 spiro atoms. The van der Waals surface area contributed by atoms with E-state index in [2.05, 4.69) is 24.9 Å². The molecule has 2 aromatic carbocycles. The molecule has 34 heavy (non-hydrogen) atoms. The summed E-state index contributed by atoms with van der Waals surface area (Å²) in [5.41, 5.74) is 8.42. The molecular formula is C24H26F3N5O2. The predicted molar refractivity (Wildman–Crippen MR) is 124 cm³/mol. The first-order valence-corrected chi connectivity index (χ1v) is 11.0. The summed E-state index contributed by atoms with van der Waals surface area (Å²) in [4.78, 5) is 11.0. The average molecular weight is 473 g/mol. The molecule has 0 radical (unpaired) electrons. The van der Waals surface area contributed by atoms with E-state index in [1.165, 1.54) is 31.0 Å². The highest BCUT2D eigenvalue weighted by atomic mass is 19.4. The van der Waals surface area contributed by atoms with E-state index in [9.17, 15) is 13.2 Å². The minimum absolute atomic E-state index is 0.0386. The average Bonchev–Trinajstić information content (AvgIpc) is 3.29. The second-order valence-electron chi connectivity index (χ2n) is 8.03. The summed E-state index contributed by atoms with van der Waals surface area (Å²) in [5, 5.41) is 3.01. The van der Waals surface area contributed by atoms with Crippen LogP contribution in [-0.4, -0.2) is 47.5 Å². The number of nitrogen functional groups attached to an aromatic ring is 1. The van der Waals surface area contributed by atoms with Gasteiger partial charge in [-0.15, -0.1) is 13.2 Å². The van der Waals surface area contributed by atoms with E-state index in [0.29, 0.717) is 29.4 Å². The summed E-state index contributed by atoms with van der Waals surface area (Å²) >= 11 is 0. The van der Waals surface area contributed by atoms with Crippen molar-refractivity contribution in [3.05, 3.63) is 54.1 Å². The van der Waals surface area contributed by atoms with Crippen molar-refractivity contribution in [3.63, 3.8) is 0 Å². The maximum Gasteiger partial charge on any atom is 0.573 e. The molecule has 1 fully saturated rings. The van der Waals surface area contributed by atoms with E-state index in [1.54, 1.807) is 6.07 Å². The maximum atomic E-state index is 12.5. The van der Waals surface area contributed by atoms with E-state index in [0.717, 1.165) is 30.9 Å². The van der Waals surface area contributed by atoms with Gasteiger partial charge in [0.1, 0.15) is 23.9 Å². The van der Waals surface area contributed by atoms with Gasteiger partial charge in [-0.2, -0.15) is 4.98 Å². The summed E-state index contributed by atoms with van der Waals surface area (Å²) < 4.78 is 47.4. The number of halogens is 3. The zero-order chi connectivity index (χ0) is 24.1. The molecule has 3 aromatic rings. The number of aromatic nitrogens is 2. The van der Waals surface area contributed by atoms with Crippen LogP contribution < -0.4 is 20.5 Å². The highest BCUT2D eigenvalue weighted by Crippen LogP contribution is 2.31. The molecule has 0 atom stereocenters. The van der Waals surface area contributed by atoms with Gasteiger partial charge in [0, 0.05) is 29.4 Å². The van der Waals surface area contributed by atoms with Crippen molar-refractivity contribution in [1.82, 2.24) is 14.9 Å². The van der Waals surface area contributed by atoms with Crippen LogP contribution in [0.5, 0.6) is 11.5 Å². The van der Waals surface area contributed by atoms with Crippen LogP contribution in [0.3, 0.4) is 0 Å². The summed E-state index contributed by atoms with van der Waals surface area (Å²) in [5.74, 6) is 0.856. The molecule has 1 aliphatic rings. The number of anilines is 3. The number of hydrogen-bond acceptors (Lipinski definition) is 7.